The summed E-state index contributed by atoms with van der Waals surface area (Å²) in [6.45, 7) is 0. The van der Waals surface area contributed by atoms with Crippen LogP contribution in [0.2, 0.25) is 5.02 Å². The summed E-state index contributed by atoms with van der Waals surface area (Å²) in [6.07, 6.45) is 5.29. The number of anilines is 1. The van der Waals surface area contributed by atoms with Gasteiger partial charge in [0.05, 0.1) is 21.7 Å². The van der Waals surface area contributed by atoms with Crippen molar-refractivity contribution >= 4 is 40.9 Å². The number of rotatable bonds is 4. The minimum atomic E-state index is -0.460. The number of carbonyl (C=O) groups excluding carboxylic acids is 4. The SMILES string of the molecule is CN1C(=O)c2ccc(C(=O)Nc3ccc(Cl)c(C(=O)NC4CCCCC4)c3)cc2C1=O. The smallest absolute Gasteiger partial charge is 0.261 e. The third-order valence-corrected chi connectivity index (χ3v) is 6.09. The molecule has 1 heterocycles. The van der Waals surface area contributed by atoms with E-state index in [1.54, 1.807) is 12.1 Å². The van der Waals surface area contributed by atoms with E-state index in [-0.39, 0.29) is 28.6 Å². The van der Waals surface area contributed by atoms with Gasteiger partial charge in [0, 0.05) is 24.3 Å². The number of halogens is 1. The van der Waals surface area contributed by atoms with E-state index in [1.165, 1.54) is 37.7 Å². The van der Waals surface area contributed by atoms with Gasteiger partial charge in [0.15, 0.2) is 0 Å². The molecule has 2 aromatic rings. The molecule has 7 nitrogen and oxygen atoms in total. The quantitative estimate of drug-likeness (QED) is 0.706. The first kappa shape index (κ1) is 21.1. The summed E-state index contributed by atoms with van der Waals surface area (Å²) in [5.41, 5.74) is 1.41. The first-order valence-corrected chi connectivity index (χ1v) is 10.6. The number of hydrogen-bond acceptors (Lipinski definition) is 4. The van der Waals surface area contributed by atoms with Crippen LogP contribution in [-0.4, -0.2) is 41.6 Å². The standard InChI is InChI=1S/C23H22ClN3O4/c1-27-22(30)16-9-7-13(11-17(16)23(27)31)20(28)26-15-8-10-19(24)18(12-15)21(29)25-14-5-3-2-4-6-14/h7-12,14H,2-6H2,1H3,(H,25,29)(H,26,28). The Bertz CT molecular complexity index is 1090. The third kappa shape index (κ3) is 4.18. The van der Waals surface area contributed by atoms with Crippen molar-refractivity contribution in [1.29, 1.82) is 0 Å². The summed E-state index contributed by atoms with van der Waals surface area (Å²) in [4.78, 5) is 50.6. The summed E-state index contributed by atoms with van der Waals surface area (Å²) in [7, 11) is 1.40. The second-order valence-electron chi connectivity index (χ2n) is 7.89. The van der Waals surface area contributed by atoms with Crippen LogP contribution in [0.4, 0.5) is 5.69 Å². The van der Waals surface area contributed by atoms with E-state index in [4.69, 9.17) is 11.6 Å². The van der Waals surface area contributed by atoms with Crippen molar-refractivity contribution in [2.75, 3.05) is 12.4 Å². The fourth-order valence-electron chi connectivity index (χ4n) is 3.99. The lowest BCUT2D eigenvalue weighted by Gasteiger charge is -2.23. The van der Waals surface area contributed by atoms with E-state index in [2.05, 4.69) is 10.6 Å². The maximum absolute atomic E-state index is 12.7. The lowest BCUT2D eigenvalue weighted by Crippen LogP contribution is -2.36. The number of hydrogen-bond donors (Lipinski definition) is 2. The highest BCUT2D eigenvalue weighted by molar-refractivity contribution is 6.34. The van der Waals surface area contributed by atoms with Crippen LogP contribution >= 0.6 is 11.6 Å². The summed E-state index contributed by atoms with van der Waals surface area (Å²) >= 11 is 6.22. The minimum Gasteiger partial charge on any atom is -0.349 e. The molecule has 4 amide bonds. The Labute approximate surface area is 184 Å². The molecule has 0 aromatic heterocycles. The van der Waals surface area contributed by atoms with E-state index in [0.717, 1.165) is 30.6 Å². The number of nitrogens with one attached hydrogen (secondary N) is 2. The molecular weight excluding hydrogens is 418 g/mol. The van der Waals surface area contributed by atoms with Crippen molar-refractivity contribution in [2.24, 2.45) is 0 Å². The Morgan fingerprint density at radius 3 is 2.39 bits per heavy atom. The Kier molecular flexibility index (Phi) is 5.78. The van der Waals surface area contributed by atoms with Gasteiger partial charge in [0.25, 0.3) is 23.6 Å². The highest BCUT2D eigenvalue weighted by atomic mass is 35.5. The molecule has 0 bridgehead atoms. The van der Waals surface area contributed by atoms with Gasteiger partial charge in [-0.25, -0.2) is 0 Å². The van der Waals surface area contributed by atoms with Crippen LogP contribution in [0.3, 0.4) is 0 Å². The van der Waals surface area contributed by atoms with Gasteiger partial charge in [0.2, 0.25) is 0 Å². The molecule has 2 aliphatic rings. The van der Waals surface area contributed by atoms with Gasteiger partial charge >= 0.3 is 0 Å². The lowest BCUT2D eigenvalue weighted by molar-refractivity contribution is 0.0692. The third-order valence-electron chi connectivity index (χ3n) is 5.76. The van der Waals surface area contributed by atoms with Gasteiger partial charge < -0.3 is 10.6 Å². The van der Waals surface area contributed by atoms with Crippen molar-refractivity contribution in [3.05, 3.63) is 63.7 Å². The first-order valence-electron chi connectivity index (χ1n) is 10.2. The maximum atomic E-state index is 12.7. The van der Waals surface area contributed by atoms with Gasteiger partial charge in [-0.3, -0.25) is 24.1 Å². The molecule has 1 aliphatic heterocycles. The van der Waals surface area contributed by atoms with Gasteiger partial charge in [-0.1, -0.05) is 30.9 Å². The molecule has 1 fully saturated rings. The average Bonchev–Trinajstić information content (AvgIpc) is 2.99. The van der Waals surface area contributed by atoms with Crippen LogP contribution in [0.25, 0.3) is 0 Å². The highest BCUT2D eigenvalue weighted by Crippen LogP contribution is 2.25. The molecule has 0 spiro atoms. The minimum absolute atomic E-state index is 0.139. The van der Waals surface area contributed by atoms with Crippen molar-refractivity contribution < 1.29 is 19.2 Å². The Morgan fingerprint density at radius 1 is 0.935 bits per heavy atom. The molecule has 0 radical (unpaired) electrons. The average molecular weight is 440 g/mol. The number of imide groups is 1. The van der Waals surface area contributed by atoms with Crippen molar-refractivity contribution in [3.8, 4) is 0 Å². The van der Waals surface area contributed by atoms with Gasteiger partial charge in [-0.2, -0.15) is 0 Å². The number of carbonyl (C=O) groups is 4. The molecule has 8 heteroatoms. The predicted octanol–water partition coefficient (Wildman–Crippen LogP) is 3.88. The normalized spacial score (nSPS) is 16.3. The van der Waals surface area contributed by atoms with Crippen LogP contribution in [-0.2, 0) is 0 Å². The second-order valence-corrected chi connectivity index (χ2v) is 8.29. The van der Waals surface area contributed by atoms with Gasteiger partial charge in [-0.15, -0.1) is 0 Å². The van der Waals surface area contributed by atoms with Crippen LogP contribution in [0.1, 0.15) is 73.5 Å². The van der Waals surface area contributed by atoms with E-state index in [1.807, 2.05) is 0 Å². The largest absolute Gasteiger partial charge is 0.349 e. The molecule has 2 aromatic carbocycles. The molecule has 160 valence electrons. The molecule has 0 saturated heterocycles. The molecule has 0 atom stereocenters. The Hall–Kier alpha value is -3.19. The topological polar surface area (TPSA) is 95.6 Å². The van der Waals surface area contributed by atoms with Gasteiger partial charge in [0.1, 0.15) is 0 Å². The second kappa shape index (κ2) is 8.51. The zero-order chi connectivity index (χ0) is 22.1. The lowest BCUT2D eigenvalue weighted by atomic mass is 9.95. The highest BCUT2D eigenvalue weighted by Gasteiger charge is 2.33. The van der Waals surface area contributed by atoms with E-state index in [0.29, 0.717) is 16.3 Å². The predicted molar refractivity (Wildman–Crippen MR) is 117 cm³/mol. The molecule has 4 rings (SSSR count). The van der Waals surface area contributed by atoms with Crippen LogP contribution < -0.4 is 10.6 Å². The van der Waals surface area contributed by atoms with E-state index in [9.17, 15) is 19.2 Å². The number of amides is 4. The van der Waals surface area contributed by atoms with Crippen LogP contribution in [0, 0.1) is 0 Å². The monoisotopic (exact) mass is 439 g/mol. The van der Waals surface area contributed by atoms with Crippen molar-refractivity contribution in [3.63, 3.8) is 0 Å². The van der Waals surface area contributed by atoms with Crippen molar-refractivity contribution in [1.82, 2.24) is 10.2 Å². The molecule has 0 unspecified atom stereocenters. The fraction of sp³-hybridized carbons (Fsp3) is 0.304. The zero-order valence-electron chi connectivity index (χ0n) is 17.0. The van der Waals surface area contributed by atoms with Gasteiger partial charge in [-0.05, 0) is 49.2 Å². The molecule has 31 heavy (non-hydrogen) atoms. The molecule has 2 N–H and O–H groups in total. The number of benzene rings is 2. The zero-order valence-corrected chi connectivity index (χ0v) is 17.8. The summed E-state index contributed by atoms with van der Waals surface area (Å²) in [5.74, 6) is -1.56. The number of fused-ring (bicyclic) bond motifs is 1. The molecule has 1 aliphatic carbocycles. The summed E-state index contributed by atoms with van der Waals surface area (Å²) < 4.78 is 0. The maximum Gasteiger partial charge on any atom is 0.261 e. The van der Waals surface area contributed by atoms with E-state index < -0.39 is 17.7 Å². The first-order chi connectivity index (χ1) is 14.8. The van der Waals surface area contributed by atoms with Crippen LogP contribution in [0.15, 0.2) is 36.4 Å². The summed E-state index contributed by atoms with van der Waals surface area (Å²) in [6, 6.07) is 9.21. The Morgan fingerprint density at radius 2 is 1.65 bits per heavy atom. The fourth-order valence-corrected chi connectivity index (χ4v) is 4.20. The molecular formula is C23H22ClN3O4. The van der Waals surface area contributed by atoms with Crippen molar-refractivity contribution in [2.45, 2.75) is 38.1 Å². The van der Waals surface area contributed by atoms with Crippen LogP contribution in [0.5, 0.6) is 0 Å². The number of nitrogens with zero attached hydrogens (tertiary/aromatic N) is 1. The Balaban J connectivity index is 1.50. The molecule has 1 saturated carbocycles. The summed E-state index contributed by atoms with van der Waals surface area (Å²) in [5, 5.41) is 6.05. The van der Waals surface area contributed by atoms with E-state index >= 15 is 0 Å².